The Morgan fingerprint density at radius 2 is 2.25 bits per heavy atom. The summed E-state index contributed by atoms with van der Waals surface area (Å²) >= 11 is 5.94. The van der Waals surface area contributed by atoms with E-state index in [4.69, 9.17) is 21.4 Å². The lowest BCUT2D eigenvalue weighted by Crippen LogP contribution is -2.08. The van der Waals surface area contributed by atoms with E-state index in [0.29, 0.717) is 17.4 Å². The van der Waals surface area contributed by atoms with Crippen molar-refractivity contribution in [2.45, 2.75) is 25.2 Å². The second kappa shape index (κ2) is 4.25. The third-order valence-corrected chi connectivity index (χ3v) is 2.74. The van der Waals surface area contributed by atoms with Gasteiger partial charge in [0.2, 0.25) is 5.88 Å². The van der Waals surface area contributed by atoms with Gasteiger partial charge < -0.3 is 9.84 Å². The first-order valence-corrected chi connectivity index (χ1v) is 5.31. The largest absolute Gasteiger partial charge is 0.481 e. The third kappa shape index (κ3) is 2.24. The van der Waals surface area contributed by atoms with Gasteiger partial charge in [-0.15, -0.1) is 0 Å². The number of aromatic nitrogens is 2. The normalized spacial score (nSPS) is 14.9. The lowest BCUT2D eigenvalue weighted by molar-refractivity contribution is -0.136. The van der Waals surface area contributed by atoms with E-state index in [2.05, 4.69) is 9.97 Å². The zero-order chi connectivity index (χ0) is 11.7. The van der Waals surface area contributed by atoms with Gasteiger partial charge in [-0.05, 0) is 12.8 Å². The molecule has 2 rings (SSSR count). The fourth-order valence-corrected chi connectivity index (χ4v) is 1.64. The lowest BCUT2D eigenvalue weighted by Gasteiger charge is -2.08. The summed E-state index contributed by atoms with van der Waals surface area (Å²) in [6, 6.07) is 0. The Morgan fingerprint density at radius 3 is 2.75 bits per heavy atom. The van der Waals surface area contributed by atoms with Crippen molar-refractivity contribution in [2.24, 2.45) is 0 Å². The number of ether oxygens (including phenoxy) is 1. The van der Waals surface area contributed by atoms with Crippen LogP contribution in [0.3, 0.4) is 0 Å². The summed E-state index contributed by atoms with van der Waals surface area (Å²) in [6.07, 6.45) is 1.87. The van der Waals surface area contributed by atoms with Gasteiger partial charge in [-0.3, -0.25) is 4.79 Å². The average molecular weight is 243 g/mol. The summed E-state index contributed by atoms with van der Waals surface area (Å²) in [7, 11) is 1.45. The number of hydrogen-bond donors (Lipinski definition) is 1. The highest BCUT2D eigenvalue weighted by Gasteiger charge is 2.29. The molecule has 1 fully saturated rings. The van der Waals surface area contributed by atoms with Crippen LogP contribution in [-0.2, 0) is 11.2 Å². The molecule has 0 amide bonds. The van der Waals surface area contributed by atoms with E-state index >= 15 is 0 Å². The minimum absolute atomic E-state index is 0.189. The van der Waals surface area contributed by atoms with Crippen molar-refractivity contribution in [1.82, 2.24) is 9.97 Å². The molecule has 0 spiro atoms. The highest BCUT2D eigenvalue weighted by Crippen LogP contribution is 2.40. The molecule has 1 aromatic heterocycles. The van der Waals surface area contributed by atoms with E-state index in [0.717, 1.165) is 12.8 Å². The van der Waals surface area contributed by atoms with Gasteiger partial charge in [-0.25, -0.2) is 4.98 Å². The minimum Gasteiger partial charge on any atom is -0.481 e. The maximum Gasteiger partial charge on any atom is 0.309 e. The van der Waals surface area contributed by atoms with Gasteiger partial charge in [-0.1, -0.05) is 11.6 Å². The number of carbonyl (C=O) groups is 1. The zero-order valence-corrected chi connectivity index (χ0v) is 9.49. The van der Waals surface area contributed by atoms with Gasteiger partial charge in [-0.2, -0.15) is 4.98 Å². The summed E-state index contributed by atoms with van der Waals surface area (Å²) < 4.78 is 5.01. The maximum atomic E-state index is 10.7. The molecular weight excluding hydrogens is 232 g/mol. The quantitative estimate of drug-likeness (QED) is 0.869. The van der Waals surface area contributed by atoms with Crippen LogP contribution in [-0.4, -0.2) is 28.2 Å². The van der Waals surface area contributed by atoms with Crippen LogP contribution in [0.25, 0.3) is 0 Å². The Kier molecular flexibility index (Phi) is 2.96. The summed E-state index contributed by atoms with van der Waals surface area (Å²) in [6.45, 7) is 0. The summed E-state index contributed by atoms with van der Waals surface area (Å²) in [5, 5.41) is 8.93. The van der Waals surface area contributed by atoms with Crippen LogP contribution in [0, 0.1) is 0 Å². The molecule has 1 N–H and O–H groups in total. The molecule has 1 saturated carbocycles. The fourth-order valence-electron chi connectivity index (χ4n) is 1.41. The summed E-state index contributed by atoms with van der Waals surface area (Å²) in [5.41, 5.74) is 0.322. The summed E-state index contributed by atoms with van der Waals surface area (Å²) in [5.74, 6) is 0.260. The van der Waals surface area contributed by atoms with Gasteiger partial charge in [0, 0.05) is 5.92 Å². The van der Waals surface area contributed by atoms with E-state index in [-0.39, 0.29) is 17.3 Å². The van der Waals surface area contributed by atoms with E-state index in [1.165, 1.54) is 7.11 Å². The molecule has 1 aliphatic carbocycles. The van der Waals surface area contributed by atoms with Crippen molar-refractivity contribution in [3.05, 3.63) is 16.5 Å². The Balaban J connectivity index is 2.39. The van der Waals surface area contributed by atoms with Crippen LogP contribution in [0.1, 0.15) is 30.3 Å². The Morgan fingerprint density at radius 1 is 1.56 bits per heavy atom. The monoisotopic (exact) mass is 242 g/mol. The molecule has 16 heavy (non-hydrogen) atoms. The Labute approximate surface area is 97.4 Å². The molecule has 1 aliphatic rings. The number of carboxylic acid groups (broad SMARTS) is 1. The highest BCUT2D eigenvalue weighted by atomic mass is 35.5. The molecule has 0 unspecified atom stereocenters. The van der Waals surface area contributed by atoms with Gasteiger partial charge in [0.25, 0.3) is 0 Å². The van der Waals surface area contributed by atoms with Crippen molar-refractivity contribution >= 4 is 17.6 Å². The topological polar surface area (TPSA) is 72.3 Å². The molecule has 1 heterocycles. The highest BCUT2D eigenvalue weighted by molar-refractivity contribution is 6.32. The zero-order valence-electron chi connectivity index (χ0n) is 8.73. The predicted molar refractivity (Wildman–Crippen MR) is 56.9 cm³/mol. The molecule has 0 atom stereocenters. The molecule has 0 saturated heterocycles. The first-order valence-electron chi connectivity index (χ1n) is 4.94. The molecule has 0 radical (unpaired) electrons. The summed E-state index contributed by atoms with van der Waals surface area (Å²) in [4.78, 5) is 19.0. The van der Waals surface area contributed by atoms with Gasteiger partial charge in [0.05, 0.1) is 19.2 Å². The lowest BCUT2D eigenvalue weighted by atomic mass is 10.2. The van der Waals surface area contributed by atoms with Crippen LogP contribution in [0.5, 0.6) is 5.88 Å². The van der Waals surface area contributed by atoms with Crippen molar-refractivity contribution < 1.29 is 14.6 Å². The average Bonchev–Trinajstić information content (AvgIpc) is 3.04. The molecule has 0 bridgehead atoms. The molecule has 5 nitrogen and oxygen atoms in total. The fraction of sp³-hybridized carbons (Fsp3) is 0.500. The first kappa shape index (κ1) is 11.1. The smallest absolute Gasteiger partial charge is 0.309 e. The SMILES string of the molecule is COc1nc(C2CC2)nc(CC(=O)O)c1Cl. The van der Waals surface area contributed by atoms with Crippen LogP contribution in [0.2, 0.25) is 5.02 Å². The van der Waals surface area contributed by atoms with Crippen LogP contribution >= 0.6 is 11.6 Å². The molecular formula is C10H11ClN2O3. The predicted octanol–water partition coefficient (Wildman–Crippen LogP) is 1.64. The Hall–Kier alpha value is -1.36. The van der Waals surface area contributed by atoms with Crippen molar-refractivity contribution in [3.63, 3.8) is 0 Å². The van der Waals surface area contributed by atoms with Crippen LogP contribution in [0.4, 0.5) is 0 Å². The Bertz CT molecular complexity index is 432. The number of hydrogen-bond acceptors (Lipinski definition) is 4. The number of nitrogens with zero attached hydrogens (tertiary/aromatic N) is 2. The first-order chi connectivity index (χ1) is 7.61. The van der Waals surface area contributed by atoms with E-state index in [9.17, 15) is 4.79 Å². The second-order valence-electron chi connectivity index (χ2n) is 3.70. The molecule has 6 heteroatoms. The van der Waals surface area contributed by atoms with Gasteiger partial charge in [0.1, 0.15) is 10.8 Å². The minimum atomic E-state index is -0.968. The van der Waals surface area contributed by atoms with Crippen molar-refractivity contribution in [1.29, 1.82) is 0 Å². The molecule has 1 aromatic rings. The number of aliphatic carboxylic acids is 1. The van der Waals surface area contributed by atoms with Crippen molar-refractivity contribution in [2.75, 3.05) is 7.11 Å². The van der Waals surface area contributed by atoms with Crippen molar-refractivity contribution in [3.8, 4) is 5.88 Å². The maximum absolute atomic E-state index is 10.7. The standard InChI is InChI=1S/C10H11ClN2O3/c1-16-10-8(11)6(4-7(14)15)12-9(13-10)5-2-3-5/h5H,2-4H2,1H3,(H,14,15). The molecule has 0 aliphatic heterocycles. The molecule has 0 aromatic carbocycles. The number of carboxylic acids is 1. The van der Waals surface area contributed by atoms with E-state index in [1.54, 1.807) is 0 Å². The van der Waals surface area contributed by atoms with Gasteiger partial charge >= 0.3 is 5.97 Å². The molecule has 86 valence electrons. The number of halogens is 1. The third-order valence-electron chi connectivity index (χ3n) is 2.36. The van der Waals surface area contributed by atoms with Gasteiger partial charge in [0.15, 0.2) is 0 Å². The van der Waals surface area contributed by atoms with Crippen LogP contribution in [0.15, 0.2) is 0 Å². The van der Waals surface area contributed by atoms with Crippen LogP contribution < -0.4 is 4.74 Å². The second-order valence-corrected chi connectivity index (χ2v) is 4.07. The number of rotatable bonds is 4. The van der Waals surface area contributed by atoms with E-state index in [1.807, 2.05) is 0 Å². The number of methoxy groups -OCH3 is 1. The van der Waals surface area contributed by atoms with E-state index < -0.39 is 5.97 Å².